The van der Waals surface area contributed by atoms with Crippen molar-refractivity contribution in [3.8, 4) is 17.6 Å². The molecule has 9 nitrogen and oxygen atoms in total. The van der Waals surface area contributed by atoms with Gasteiger partial charge in [0.2, 0.25) is 0 Å². The number of sulfonamides is 1. The highest BCUT2D eigenvalue weighted by Crippen LogP contribution is 2.29. The van der Waals surface area contributed by atoms with E-state index < -0.39 is 10.0 Å². The standard InChI is InChI=1S/C19H15N5O4S2/c20-12-13-11-16(30(26,27)23-18-21-8-10-29-18)5-6-17(13)28-15-3-1-14(2-4-15)24-9-7-22-19(24)25/h1-6,8,10-11H,7,9H2,(H,21,23)(H,22,25). The summed E-state index contributed by atoms with van der Waals surface area (Å²) >= 11 is 1.15. The SMILES string of the molecule is N#Cc1cc(S(=O)(=O)Nc2nccs2)ccc1Oc1ccc(N2CCNC2=O)cc1. The Bertz CT molecular complexity index is 1220. The van der Waals surface area contributed by atoms with Crippen LogP contribution in [-0.2, 0) is 10.0 Å². The summed E-state index contributed by atoms with van der Waals surface area (Å²) in [7, 11) is -3.88. The van der Waals surface area contributed by atoms with E-state index in [1.54, 1.807) is 34.5 Å². The average molecular weight is 441 g/mol. The number of hydrogen-bond donors (Lipinski definition) is 2. The molecule has 0 unspecified atom stereocenters. The number of aromatic nitrogens is 1. The van der Waals surface area contributed by atoms with E-state index in [1.165, 1.54) is 24.4 Å². The Balaban J connectivity index is 1.53. The Morgan fingerprint density at radius 3 is 2.67 bits per heavy atom. The Morgan fingerprint density at radius 2 is 2.03 bits per heavy atom. The highest BCUT2D eigenvalue weighted by Gasteiger charge is 2.21. The third-order valence-corrected chi connectivity index (χ3v) is 6.42. The number of benzene rings is 2. The van der Waals surface area contributed by atoms with Crippen LogP contribution < -0.4 is 19.7 Å². The molecule has 1 aliphatic heterocycles. The number of hydrogen-bond acceptors (Lipinski definition) is 7. The summed E-state index contributed by atoms with van der Waals surface area (Å²) in [5.74, 6) is 0.670. The van der Waals surface area contributed by atoms with Gasteiger partial charge in [-0.15, -0.1) is 11.3 Å². The number of carbonyl (C=O) groups is 1. The van der Waals surface area contributed by atoms with Crippen LogP contribution in [0, 0.1) is 11.3 Å². The predicted octanol–water partition coefficient (Wildman–Crippen LogP) is 3.14. The van der Waals surface area contributed by atoms with E-state index in [0.717, 1.165) is 17.0 Å². The zero-order chi connectivity index (χ0) is 21.1. The molecule has 152 valence electrons. The lowest BCUT2D eigenvalue weighted by Gasteiger charge is -2.15. The molecule has 0 atom stereocenters. The number of ether oxygens (including phenoxy) is 1. The minimum absolute atomic E-state index is 0.0695. The van der Waals surface area contributed by atoms with Gasteiger partial charge in [0.25, 0.3) is 10.0 Å². The van der Waals surface area contributed by atoms with E-state index in [4.69, 9.17) is 4.74 Å². The molecule has 0 saturated carbocycles. The van der Waals surface area contributed by atoms with Gasteiger partial charge in [0.15, 0.2) is 5.13 Å². The van der Waals surface area contributed by atoms with Crippen molar-refractivity contribution < 1.29 is 17.9 Å². The molecule has 3 aromatic rings. The van der Waals surface area contributed by atoms with Crippen LogP contribution in [0.15, 0.2) is 58.9 Å². The first kappa shape index (κ1) is 19.7. The van der Waals surface area contributed by atoms with E-state index in [2.05, 4.69) is 15.0 Å². The van der Waals surface area contributed by atoms with Gasteiger partial charge in [-0.3, -0.25) is 9.62 Å². The number of amides is 2. The third-order valence-electron chi connectivity index (χ3n) is 4.27. The Labute approximate surface area is 176 Å². The fourth-order valence-electron chi connectivity index (χ4n) is 2.84. The quantitative estimate of drug-likeness (QED) is 0.606. The van der Waals surface area contributed by atoms with Gasteiger partial charge in [0.1, 0.15) is 17.6 Å². The van der Waals surface area contributed by atoms with Gasteiger partial charge in [-0.25, -0.2) is 18.2 Å². The van der Waals surface area contributed by atoms with Crippen LogP contribution in [0.3, 0.4) is 0 Å². The van der Waals surface area contributed by atoms with Gasteiger partial charge in [-0.1, -0.05) is 0 Å². The zero-order valence-electron chi connectivity index (χ0n) is 15.4. The van der Waals surface area contributed by atoms with Gasteiger partial charge in [0.05, 0.1) is 10.5 Å². The monoisotopic (exact) mass is 441 g/mol. The van der Waals surface area contributed by atoms with E-state index in [9.17, 15) is 18.5 Å². The molecule has 2 amide bonds. The van der Waals surface area contributed by atoms with Crippen LogP contribution in [0.4, 0.5) is 15.6 Å². The minimum Gasteiger partial charge on any atom is -0.456 e. The Hall–Kier alpha value is -3.62. The van der Waals surface area contributed by atoms with Crippen LogP contribution in [0.1, 0.15) is 5.56 Å². The molecule has 4 rings (SSSR count). The highest BCUT2D eigenvalue weighted by atomic mass is 32.2. The molecule has 2 aromatic carbocycles. The second-order valence-corrected chi connectivity index (χ2v) is 8.77. The topological polar surface area (TPSA) is 124 Å². The molecule has 2 heterocycles. The molecule has 1 fully saturated rings. The summed E-state index contributed by atoms with van der Waals surface area (Å²) in [5, 5.41) is 14.1. The highest BCUT2D eigenvalue weighted by molar-refractivity contribution is 7.93. The smallest absolute Gasteiger partial charge is 0.321 e. The van der Waals surface area contributed by atoms with Crippen molar-refractivity contribution in [1.29, 1.82) is 5.26 Å². The maximum Gasteiger partial charge on any atom is 0.321 e. The van der Waals surface area contributed by atoms with Crippen molar-refractivity contribution in [2.24, 2.45) is 0 Å². The summed E-state index contributed by atoms with van der Waals surface area (Å²) in [6.45, 7) is 1.18. The molecule has 30 heavy (non-hydrogen) atoms. The van der Waals surface area contributed by atoms with Crippen LogP contribution in [-0.4, -0.2) is 32.5 Å². The first-order valence-corrected chi connectivity index (χ1v) is 11.1. The van der Waals surface area contributed by atoms with Crippen molar-refractivity contribution in [1.82, 2.24) is 10.3 Å². The maximum absolute atomic E-state index is 12.5. The number of nitrogens with one attached hydrogen (secondary N) is 2. The zero-order valence-corrected chi connectivity index (χ0v) is 17.0. The lowest BCUT2D eigenvalue weighted by atomic mass is 10.2. The fourth-order valence-corrected chi connectivity index (χ4v) is 4.65. The molecule has 0 spiro atoms. The van der Waals surface area contributed by atoms with Gasteiger partial charge in [0, 0.05) is 30.4 Å². The van der Waals surface area contributed by atoms with E-state index >= 15 is 0 Å². The summed E-state index contributed by atoms with van der Waals surface area (Å²) in [6.07, 6.45) is 1.49. The van der Waals surface area contributed by atoms with Crippen molar-refractivity contribution in [3.05, 3.63) is 59.6 Å². The lowest BCUT2D eigenvalue weighted by molar-refractivity contribution is 0.252. The number of rotatable bonds is 6. The Kier molecular flexibility index (Phi) is 5.26. The van der Waals surface area contributed by atoms with Crippen molar-refractivity contribution >= 4 is 38.2 Å². The Morgan fingerprint density at radius 1 is 1.23 bits per heavy atom. The molecule has 11 heteroatoms. The van der Waals surface area contributed by atoms with Crippen LogP contribution in [0.5, 0.6) is 11.5 Å². The van der Waals surface area contributed by atoms with Crippen molar-refractivity contribution in [3.63, 3.8) is 0 Å². The number of anilines is 2. The van der Waals surface area contributed by atoms with Crippen LogP contribution in [0.25, 0.3) is 0 Å². The molecule has 0 bridgehead atoms. The van der Waals surface area contributed by atoms with E-state index in [1.807, 2.05) is 6.07 Å². The molecular formula is C19H15N5O4S2. The summed E-state index contributed by atoms with van der Waals surface area (Å²) in [4.78, 5) is 17.2. The summed E-state index contributed by atoms with van der Waals surface area (Å²) in [5.41, 5.74) is 0.799. The van der Waals surface area contributed by atoms with Crippen LogP contribution >= 0.6 is 11.3 Å². The predicted molar refractivity (Wildman–Crippen MR) is 111 cm³/mol. The molecular weight excluding hydrogens is 426 g/mol. The number of carbonyl (C=O) groups excluding carboxylic acids is 1. The molecule has 0 radical (unpaired) electrons. The van der Waals surface area contributed by atoms with Gasteiger partial charge in [-0.2, -0.15) is 5.26 Å². The van der Waals surface area contributed by atoms with E-state index in [-0.39, 0.29) is 27.4 Å². The van der Waals surface area contributed by atoms with Gasteiger partial charge >= 0.3 is 6.03 Å². The number of thiazole rings is 1. The summed E-state index contributed by atoms with van der Waals surface area (Å²) in [6, 6.07) is 12.7. The summed E-state index contributed by atoms with van der Waals surface area (Å²) < 4.78 is 33.1. The minimum atomic E-state index is -3.88. The second kappa shape index (κ2) is 8.02. The normalized spacial score (nSPS) is 13.6. The van der Waals surface area contributed by atoms with Crippen LogP contribution in [0.2, 0.25) is 0 Å². The number of urea groups is 1. The molecule has 2 N–H and O–H groups in total. The largest absolute Gasteiger partial charge is 0.456 e. The molecule has 1 aromatic heterocycles. The molecule has 0 aliphatic carbocycles. The van der Waals surface area contributed by atoms with Gasteiger partial charge in [-0.05, 0) is 42.5 Å². The van der Waals surface area contributed by atoms with Gasteiger partial charge < -0.3 is 10.1 Å². The third kappa shape index (κ3) is 4.05. The number of nitriles is 1. The average Bonchev–Trinajstić information content (AvgIpc) is 3.40. The lowest BCUT2D eigenvalue weighted by Crippen LogP contribution is -2.27. The van der Waals surface area contributed by atoms with E-state index in [0.29, 0.717) is 18.8 Å². The first-order valence-electron chi connectivity index (χ1n) is 8.76. The molecule has 1 saturated heterocycles. The first-order chi connectivity index (χ1) is 14.5. The molecule has 1 aliphatic rings. The maximum atomic E-state index is 12.5. The fraction of sp³-hybridized carbons (Fsp3) is 0.105. The number of nitrogens with zero attached hydrogens (tertiary/aromatic N) is 3. The second-order valence-electron chi connectivity index (χ2n) is 6.19. The van der Waals surface area contributed by atoms with Crippen molar-refractivity contribution in [2.75, 3.05) is 22.7 Å². The van der Waals surface area contributed by atoms with Crippen molar-refractivity contribution in [2.45, 2.75) is 4.90 Å².